The van der Waals surface area contributed by atoms with Gasteiger partial charge in [0.2, 0.25) is 0 Å². The lowest BCUT2D eigenvalue weighted by Gasteiger charge is -2.22. The molecule has 2 aliphatic rings. The van der Waals surface area contributed by atoms with Crippen molar-refractivity contribution in [2.75, 3.05) is 0 Å². The van der Waals surface area contributed by atoms with Crippen LogP contribution in [0.1, 0.15) is 34.1 Å². The molecule has 1 aliphatic carbocycles. The molecule has 0 bridgehead atoms. The summed E-state index contributed by atoms with van der Waals surface area (Å²) in [5, 5.41) is 3.35. The predicted molar refractivity (Wildman–Crippen MR) is 78.9 cm³/mol. The van der Waals surface area contributed by atoms with Crippen molar-refractivity contribution in [3.05, 3.63) is 60.4 Å². The van der Waals surface area contributed by atoms with E-state index in [9.17, 15) is 0 Å². The fourth-order valence-electron chi connectivity index (χ4n) is 1.50. The van der Waals surface area contributed by atoms with Crippen LogP contribution in [-0.2, 0) is 0 Å². The van der Waals surface area contributed by atoms with Gasteiger partial charge in [0.25, 0.3) is 0 Å². The molecule has 1 N–H and O–H groups in total. The van der Waals surface area contributed by atoms with Crippen LogP contribution in [0.2, 0.25) is 0 Å². The normalized spacial score (nSPS) is 19.2. The summed E-state index contributed by atoms with van der Waals surface area (Å²) in [5.74, 6) is 0. The molecule has 1 unspecified atom stereocenters. The lowest BCUT2D eigenvalue weighted by Crippen LogP contribution is -2.27. The van der Waals surface area contributed by atoms with Crippen LogP contribution in [-0.4, -0.2) is 6.04 Å². The number of hydrogen-bond acceptors (Lipinski definition) is 1. The average molecular weight is 231 g/mol. The highest BCUT2D eigenvalue weighted by atomic mass is 14.9. The zero-order valence-corrected chi connectivity index (χ0v) is 11.5. The Labute approximate surface area is 106 Å². The number of dihydropyridines is 1. The fourth-order valence-corrected chi connectivity index (χ4v) is 1.50. The molecule has 0 spiro atoms. The second kappa shape index (κ2) is 9.71. The van der Waals surface area contributed by atoms with Gasteiger partial charge in [-0.05, 0) is 24.5 Å². The van der Waals surface area contributed by atoms with Gasteiger partial charge in [0, 0.05) is 6.20 Å². The van der Waals surface area contributed by atoms with E-state index in [2.05, 4.69) is 55.4 Å². The van der Waals surface area contributed by atoms with Gasteiger partial charge in [0.05, 0.1) is 6.04 Å². The SMILES string of the molecule is C=CC.CC.CCC1=CNC2C=CC=CC2=C1. The van der Waals surface area contributed by atoms with E-state index in [0.29, 0.717) is 6.04 Å². The van der Waals surface area contributed by atoms with Crippen molar-refractivity contribution in [3.63, 3.8) is 0 Å². The zero-order chi connectivity index (χ0) is 13.1. The maximum atomic E-state index is 3.36. The van der Waals surface area contributed by atoms with E-state index in [1.165, 1.54) is 11.1 Å². The highest BCUT2D eigenvalue weighted by Gasteiger charge is 2.12. The minimum atomic E-state index is 0.408. The van der Waals surface area contributed by atoms with Crippen LogP contribution in [0, 0.1) is 0 Å². The molecule has 1 aliphatic heterocycles. The Morgan fingerprint density at radius 1 is 1.35 bits per heavy atom. The third-order valence-electron chi connectivity index (χ3n) is 2.27. The molecule has 0 amide bonds. The van der Waals surface area contributed by atoms with E-state index in [1.807, 2.05) is 20.8 Å². The van der Waals surface area contributed by atoms with Crippen LogP contribution in [0.25, 0.3) is 0 Å². The molecule has 0 saturated heterocycles. The molecule has 0 fully saturated rings. The molecule has 0 radical (unpaired) electrons. The van der Waals surface area contributed by atoms with E-state index in [-0.39, 0.29) is 0 Å². The molecule has 1 heteroatoms. The van der Waals surface area contributed by atoms with Gasteiger partial charge in [-0.15, -0.1) is 6.58 Å². The van der Waals surface area contributed by atoms with E-state index < -0.39 is 0 Å². The molecular weight excluding hydrogens is 206 g/mol. The predicted octanol–water partition coefficient (Wildman–Crippen LogP) is 4.52. The molecule has 1 atom stereocenters. The van der Waals surface area contributed by atoms with Gasteiger partial charge in [0.15, 0.2) is 0 Å². The molecule has 2 rings (SSSR count). The number of allylic oxidation sites excluding steroid dienone is 5. The standard InChI is InChI=1S/C11H13N.C3H6.C2H6/c1-2-9-7-10-5-3-4-6-11(10)12-8-9;1-3-2;1-2/h3-8,11-12H,2H2,1H3;3H,1H2,2H3;1-2H3. The Kier molecular flexibility index (Phi) is 8.85. The first-order valence-electron chi connectivity index (χ1n) is 6.40. The summed E-state index contributed by atoms with van der Waals surface area (Å²) in [7, 11) is 0. The minimum absolute atomic E-state index is 0.408. The Morgan fingerprint density at radius 2 is 2.00 bits per heavy atom. The number of hydrogen-bond donors (Lipinski definition) is 1. The number of rotatable bonds is 1. The average Bonchev–Trinajstić information content (AvgIpc) is 2.41. The Hall–Kier alpha value is -1.50. The summed E-state index contributed by atoms with van der Waals surface area (Å²) in [5.41, 5.74) is 2.75. The second-order valence-corrected chi connectivity index (χ2v) is 3.51. The quantitative estimate of drug-likeness (QED) is 0.654. The van der Waals surface area contributed by atoms with Crippen molar-refractivity contribution in [2.45, 2.75) is 40.2 Å². The first kappa shape index (κ1) is 15.5. The third-order valence-corrected chi connectivity index (χ3v) is 2.27. The van der Waals surface area contributed by atoms with Crippen molar-refractivity contribution in [3.8, 4) is 0 Å². The maximum Gasteiger partial charge on any atom is 0.0695 e. The van der Waals surface area contributed by atoms with Gasteiger partial charge in [-0.25, -0.2) is 0 Å². The van der Waals surface area contributed by atoms with Crippen molar-refractivity contribution < 1.29 is 0 Å². The van der Waals surface area contributed by atoms with Crippen LogP contribution < -0.4 is 5.32 Å². The van der Waals surface area contributed by atoms with Crippen LogP contribution in [0.15, 0.2) is 60.4 Å². The monoisotopic (exact) mass is 231 g/mol. The summed E-state index contributed by atoms with van der Waals surface area (Å²) in [6, 6.07) is 0.408. The molecule has 0 saturated carbocycles. The highest BCUT2D eigenvalue weighted by Crippen LogP contribution is 2.19. The number of nitrogens with one attached hydrogen (secondary N) is 1. The van der Waals surface area contributed by atoms with Crippen LogP contribution in [0.5, 0.6) is 0 Å². The molecule has 0 aromatic rings. The van der Waals surface area contributed by atoms with E-state index in [1.54, 1.807) is 6.08 Å². The molecule has 1 heterocycles. The Bertz CT molecular complexity index is 329. The van der Waals surface area contributed by atoms with E-state index in [4.69, 9.17) is 0 Å². The van der Waals surface area contributed by atoms with Crippen molar-refractivity contribution in [1.29, 1.82) is 0 Å². The molecule has 94 valence electrons. The lowest BCUT2D eigenvalue weighted by atomic mass is 9.96. The first-order valence-corrected chi connectivity index (χ1v) is 6.40. The van der Waals surface area contributed by atoms with Gasteiger partial charge in [-0.2, -0.15) is 0 Å². The van der Waals surface area contributed by atoms with Crippen molar-refractivity contribution in [2.24, 2.45) is 0 Å². The summed E-state index contributed by atoms with van der Waals surface area (Å²) >= 11 is 0. The van der Waals surface area contributed by atoms with Crippen LogP contribution in [0.3, 0.4) is 0 Å². The largest absolute Gasteiger partial charge is 0.380 e. The van der Waals surface area contributed by atoms with Gasteiger partial charge in [0.1, 0.15) is 0 Å². The van der Waals surface area contributed by atoms with E-state index >= 15 is 0 Å². The highest BCUT2D eigenvalue weighted by molar-refractivity contribution is 5.43. The molecule has 0 aromatic heterocycles. The first-order chi connectivity index (χ1) is 8.31. The molecule has 1 nitrogen and oxygen atoms in total. The molecule has 0 aromatic carbocycles. The maximum absolute atomic E-state index is 3.36. The number of fused-ring (bicyclic) bond motifs is 1. The molecule has 17 heavy (non-hydrogen) atoms. The Morgan fingerprint density at radius 3 is 2.59 bits per heavy atom. The minimum Gasteiger partial charge on any atom is -0.380 e. The van der Waals surface area contributed by atoms with Gasteiger partial charge >= 0.3 is 0 Å². The van der Waals surface area contributed by atoms with Gasteiger partial charge < -0.3 is 5.32 Å². The van der Waals surface area contributed by atoms with Crippen molar-refractivity contribution >= 4 is 0 Å². The van der Waals surface area contributed by atoms with Crippen LogP contribution >= 0.6 is 0 Å². The summed E-state index contributed by atoms with van der Waals surface area (Å²) in [6.45, 7) is 11.4. The third kappa shape index (κ3) is 5.39. The Balaban J connectivity index is 0.000000450. The zero-order valence-electron chi connectivity index (χ0n) is 11.5. The summed E-state index contributed by atoms with van der Waals surface area (Å²) < 4.78 is 0. The van der Waals surface area contributed by atoms with Gasteiger partial charge in [-0.1, -0.05) is 57.2 Å². The van der Waals surface area contributed by atoms with Crippen molar-refractivity contribution in [1.82, 2.24) is 5.32 Å². The summed E-state index contributed by atoms with van der Waals surface area (Å²) in [6.07, 6.45) is 15.7. The van der Waals surface area contributed by atoms with Gasteiger partial charge in [-0.3, -0.25) is 0 Å². The summed E-state index contributed by atoms with van der Waals surface area (Å²) in [4.78, 5) is 0. The smallest absolute Gasteiger partial charge is 0.0695 e. The topological polar surface area (TPSA) is 12.0 Å². The van der Waals surface area contributed by atoms with E-state index in [0.717, 1.165) is 6.42 Å². The van der Waals surface area contributed by atoms with Crippen LogP contribution in [0.4, 0.5) is 0 Å². The lowest BCUT2D eigenvalue weighted by molar-refractivity contribution is 0.778. The fraction of sp³-hybridized carbons (Fsp3) is 0.375. The molecular formula is C16H25N. The second-order valence-electron chi connectivity index (χ2n) is 3.51.